The van der Waals surface area contributed by atoms with Gasteiger partial charge >= 0.3 is 6.09 Å². The first-order valence-corrected chi connectivity index (χ1v) is 25.3. The SMILES string of the molecule is CN(CCNC(=O)c1ccc(CNC[C@@H](O[Si](C)(C)C(C)(C)C)c2ccc(OCc3ccccc3)c3[nH]c(=O)ccc23)cc1)CCC(C)(C)OC(=O)Nc1ccccc1-c1ccccc1. The van der Waals surface area contributed by atoms with Crippen LogP contribution in [0.3, 0.4) is 0 Å². The minimum Gasteiger partial charge on any atom is -0.487 e. The number of para-hydroxylation sites is 1. The van der Waals surface area contributed by atoms with E-state index in [4.69, 9.17) is 13.9 Å². The average molecular weight is 896 g/mol. The second-order valence-corrected chi connectivity index (χ2v) is 23.5. The summed E-state index contributed by atoms with van der Waals surface area (Å²) in [5, 5.41) is 10.4. The molecule has 65 heavy (non-hydrogen) atoms. The van der Waals surface area contributed by atoms with E-state index < -0.39 is 20.0 Å². The van der Waals surface area contributed by atoms with Crippen LogP contribution in [0.5, 0.6) is 5.75 Å². The topological polar surface area (TPSA) is 134 Å². The number of ether oxygens (including phenoxy) is 2. The maximum absolute atomic E-state index is 13.1. The van der Waals surface area contributed by atoms with Gasteiger partial charge in [0.25, 0.3) is 5.91 Å². The third-order valence-electron chi connectivity index (χ3n) is 12.1. The van der Waals surface area contributed by atoms with Crippen LogP contribution in [0, 0.1) is 0 Å². The van der Waals surface area contributed by atoms with Gasteiger partial charge in [-0.3, -0.25) is 14.9 Å². The third-order valence-corrected chi connectivity index (χ3v) is 16.6. The van der Waals surface area contributed by atoms with Gasteiger partial charge in [0.2, 0.25) is 5.56 Å². The van der Waals surface area contributed by atoms with Crippen molar-refractivity contribution in [3.63, 3.8) is 0 Å². The van der Waals surface area contributed by atoms with Crippen LogP contribution in [0.15, 0.2) is 138 Å². The Morgan fingerprint density at radius 2 is 1.45 bits per heavy atom. The normalized spacial score (nSPS) is 12.5. The van der Waals surface area contributed by atoms with Crippen LogP contribution in [0.4, 0.5) is 10.5 Å². The Morgan fingerprint density at radius 3 is 2.15 bits per heavy atom. The lowest BCUT2D eigenvalue weighted by atomic mass is 10.0. The van der Waals surface area contributed by atoms with E-state index in [1.54, 1.807) is 6.07 Å². The average Bonchev–Trinajstić information content (AvgIpc) is 3.27. The summed E-state index contributed by atoms with van der Waals surface area (Å²) in [5.41, 5.74) is 5.98. The summed E-state index contributed by atoms with van der Waals surface area (Å²) in [6.07, 6.45) is -0.199. The van der Waals surface area contributed by atoms with E-state index in [-0.39, 0.29) is 22.6 Å². The number of carbonyl (C=O) groups is 2. The fraction of sp³-hybridized carbons (Fsp3) is 0.340. The molecule has 11 nitrogen and oxygen atoms in total. The Labute approximate surface area is 385 Å². The number of hydrogen-bond donors (Lipinski definition) is 4. The number of pyridine rings is 1. The van der Waals surface area contributed by atoms with Crippen molar-refractivity contribution in [2.75, 3.05) is 38.5 Å². The highest BCUT2D eigenvalue weighted by molar-refractivity contribution is 6.74. The number of amides is 2. The van der Waals surface area contributed by atoms with Crippen LogP contribution in [0.25, 0.3) is 22.0 Å². The van der Waals surface area contributed by atoms with Gasteiger partial charge in [-0.05, 0) is 98.0 Å². The Morgan fingerprint density at radius 1 is 0.769 bits per heavy atom. The van der Waals surface area contributed by atoms with E-state index in [2.05, 4.69) is 65.8 Å². The van der Waals surface area contributed by atoms with E-state index in [1.165, 1.54) is 0 Å². The van der Waals surface area contributed by atoms with E-state index >= 15 is 0 Å². The zero-order valence-electron chi connectivity index (χ0n) is 39.1. The fourth-order valence-electron chi connectivity index (χ4n) is 7.19. The second kappa shape index (κ2) is 21.8. The Hall–Kier alpha value is -6.05. The summed E-state index contributed by atoms with van der Waals surface area (Å²) in [6, 6.07) is 42.5. The highest BCUT2D eigenvalue weighted by Crippen LogP contribution is 2.41. The van der Waals surface area contributed by atoms with Gasteiger partial charge in [-0.1, -0.05) is 118 Å². The zero-order valence-corrected chi connectivity index (χ0v) is 40.1. The van der Waals surface area contributed by atoms with Crippen molar-refractivity contribution in [1.29, 1.82) is 0 Å². The molecule has 1 heterocycles. The van der Waals surface area contributed by atoms with Gasteiger partial charge in [0.1, 0.15) is 18.0 Å². The van der Waals surface area contributed by atoms with Gasteiger partial charge in [-0.15, -0.1) is 0 Å². The Kier molecular flexibility index (Phi) is 16.2. The number of likely N-dealkylation sites (N-methyl/N-ethyl adjacent to an activating group) is 1. The number of benzene rings is 5. The van der Waals surface area contributed by atoms with Crippen molar-refractivity contribution in [2.24, 2.45) is 0 Å². The lowest BCUT2D eigenvalue weighted by molar-refractivity contribution is 0.0358. The van der Waals surface area contributed by atoms with Crippen LogP contribution in [0.1, 0.15) is 74.2 Å². The van der Waals surface area contributed by atoms with Gasteiger partial charge < -0.3 is 34.4 Å². The summed E-state index contributed by atoms with van der Waals surface area (Å²) in [4.78, 5) is 43.8. The number of hydrogen-bond acceptors (Lipinski definition) is 8. The monoisotopic (exact) mass is 895 g/mol. The van der Waals surface area contributed by atoms with Crippen molar-refractivity contribution in [2.45, 2.75) is 84.0 Å². The summed E-state index contributed by atoms with van der Waals surface area (Å²) < 4.78 is 19.2. The van der Waals surface area contributed by atoms with E-state index in [0.29, 0.717) is 68.3 Å². The van der Waals surface area contributed by atoms with Gasteiger partial charge in [0.05, 0.1) is 17.3 Å². The van der Waals surface area contributed by atoms with Crippen molar-refractivity contribution in [3.05, 3.63) is 166 Å². The maximum Gasteiger partial charge on any atom is 0.412 e. The largest absolute Gasteiger partial charge is 0.487 e. The summed E-state index contributed by atoms with van der Waals surface area (Å²) in [7, 11) is -0.255. The van der Waals surface area contributed by atoms with Crippen molar-refractivity contribution >= 4 is 36.9 Å². The molecule has 0 bridgehead atoms. The van der Waals surface area contributed by atoms with Gasteiger partial charge in [0, 0.05) is 55.3 Å². The lowest BCUT2D eigenvalue weighted by Gasteiger charge is -2.39. The minimum atomic E-state index is -2.24. The number of aromatic amines is 1. The molecule has 5 aromatic carbocycles. The first kappa shape index (κ1) is 48.4. The van der Waals surface area contributed by atoms with Crippen LogP contribution >= 0.6 is 0 Å². The van der Waals surface area contributed by atoms with E-state index in [0.717, 1.165) is 33.2 Å². The summed E-state index contributed by atoms with van der Waals surface area (Å²) >= 11 is 0. The number of nitrogens with one attached hydrogen (secondary N) is 4. The second-order valence-electron chi connectivity index (χ2n) is 18.7. The van der Waals surface area contributed by atoms with Gasteiger partial charge in [0.15, 0.2) is 8.32 Å². The molecule has 0 radical (unpaired) electrons. The smallest absolute Gasteiger partial charge is 0.412 e. The quantitative estimate of drug-likeness (QED) is 0.0557. The maximum atomic E-state index is 13.1. The molecule has 0 saturated heterocycles. The first-order chi connectivity index (χ1) is 31.0. The van der Waals surface area contributed by atoms with Gasteiger partial charge in [-0.2, -0.15) is 0 Å². The molecule has 0 aliphatic carbocycles. The predicted molar refractivity (Wildman–Crippen MR) is 265 cm³/mol. The molecule has 1 atom stereocenters. The van der Waals surface area contributed by atoms with E-state index in [9.17, 15) is 14.4 Å². The standard InChI is InChI=1S/C53H65N5O6Si/c1-52(2,3)65(7,8)64-47(43-27-29-46(49-44(43)28-30-48(59)57-49)62-37-39-17-11-9-12-18-39)36-54-35-38-23-25-41(26-24-38)50(60)55-32-34-58(6)33-31-53(4,5)63-51(61)56-45-22-16-15-21-42(45)40-19-13-10-14-20-40/h9-30,47,54H,31-37H2,1-8H3,(H,55,60)(H,56,61)(H,57,59)/t47-/m1/s1. The van der Waals surface area contributed by atoms with Gasteiger partial charge in [-0.25, -0.2) is 4.79 Å². The van der Waals surface area contributed by atoms with E-state index in [1.807, 2.05) is 142 Å². The third kappa shape index (κ3) is 13.7. The number of rotatable bonds is 20. The molecule has 0 aliphatic rings. The highest BCUT2D eigenvalue weighted by Gasteiger charge is 2.40. The molecule has 6 aromatic rings. The molecule has 1 aromatic heterocycles. The molecule has 0 unspecified atom stereocenters. The fourth-order valence-corrected chi connectivity index (χ4v) is 8.46. The lowest BCUT2D eigenvalue weighted by Crippen LogP contribution is -2.43. The number of nitrogens with zero attached hydrogens (tertiary/aromatic N) is 1. The number of fused-ring (bicyclic) bond motifs is 1. The summed E-state index contributed by atoms with van der Waals surface area (Å²) in [6.45, 7) is 18.2. The summed E-state index contributed by atoms with van der Waals surface area (Å²) in [5.74, 6) is 0.466. The minimum absolute atomic E-state index is 0.0251. The number of aromatic nitrogens is 1. The molecule has 0 saturated carbocycles. The molecule has 0 fully saturated rings. The molecule has 0 aliphatic heterocycles. The molecule has 342 valence electrons. The molecule has 6 rings (SSSR count). The zero-order chi connectivity index (χ0) is 46.6. The Balaban J connectivity index is 0.990. The number of carbonyl (C=O) groups excluding carboxylic acids is 2. The molecular formula is C53H65N5O6Si. The number of anilines is 1. The highest BCUT2D eigenvalue weighted by atomic mass is 28.4. The van der Waals surface area contributed by atoms with Crippen LogP contribution in [-0.2, 0) is 22.3 Å². The Bertz CT molecular complexity index is 2560. The van der Waals surface area contributed by atoms with Crippen molar-refractivity contribution in [3.8, 4) is 16.9 Å². The molecule has 0 spiro atoms. The van der Waals surface area contributed by atoms with Crippen molar-refractivity contribution in [1.82, 2.24) is 20.5 Å². The molecular weight excluding hydrogens is 831 g/mol. The van der Waals surface area contributed by atoms with Crippen molar-refractivity contribution < 1.29 is 23.5 Å². The number of H-pyrrole nitrogens is 1. The predicted octanol–water partition coefficient (Wildman–Crippen LogP) is 10.7. The van der Waals surface area contributed by atoms with Crippen LogP contribution < -0.4 is 26.2 Å². The van der Waals surface area contributed by atoms with Crippen LogP contribution in [0.2, 0.25) is 18.1 Å². The first-order valence-electron chi connectivity index (χ1n) is 22.4. The molecule has 2 amide bonds. The molecule has 12 heteroatoms. The molecule has 4 N–H and O–H groups in total. The van der Waals surface area contributed by atoms with Crippen LogP contribution in [-0.4, -0.2) is 69.0 Å².